The fourth-order valence-corrected chi connectivity index (χ4v) is 2.30. The molecule has 0 aliphatic heterocycles. The van der Waals surface area contributed by atoms with Crippen LogP contribution in [0.15, 0.2) is 22.7 Å². The van der Waals surface area contributed by atoms with Crippen LogP contribution in [0.25, 0.3) is 0 Å². The quantitative estimate of drug-likeness (QED) is 0.876. The molecule has 0 heterocycles. The average Bonchev–Trinajstić information content (AvgIpc) is 2.34. The first-order chi connectivity index (χ1) is 8.58. The number of hydrogen-bond acceptors (Lipinski definition) is 3. The number of halogens is 1. The van der Waals surface area contributed by atoms with Crippen molar-refractivity contribution in [1.82, 2.24) is 0 Å². The zero-order chi connectivity index (χ0) is 13.5. The lowest BCUT2D eigenvalue weighted by Gasteiger charge is -2.26. The van der Waals surface area contributed by atoms with E-state index < -0.39 is 0 Å². The van der Waals surface area contributed by atoms with Gasteiger partial charge in [0.05, 0.1) is 19.1 Å². The molecule has 1 rings (SSSR count). The van der Waals surface area contributed by atoms with Crippen LogP contribution >= 0.6 is 15.9 Å². The molecule has 0 spiro atoms. The summed E-state index contributed by atoms with van der Waals surface area (Å²) in [5.41, 5.74) is 1.96. The lowest BCUT2D eigenvalue weighted by atomic mass is 10.1. The monoisotopic (exact) mass is 310 g/mol. The van der Waals surface area contributed by atoms with Crippen molar-refractivity contribution in [2.24, 2.45) is 5.92 Å². The molecule has 0 saturated heterocycles. The molecule has 0 fully saturated rings. The van der Waals surface area contributed by atoms with Crippen molar-refractivity contribution in [1.29, 1.82) is 5.26 Å². The molecule has 0 saturated carbocycles. The number of nitrogens with zero attached hydrogens (tertiary/aromatic N) is 2. The first-order valence-corrected chi connectivity index (χ1v) is 6.89. The van der Waals surface area contributed by atoms with Gasteiger partial charge in [0, 0.05) is 23.2 Å². The van der Waals surface area contributed by atoms with E-state index in [9.17, 15) is 0 Å². The topological polar surface area (TPSA) is 47.3 Å². The van der Waals surface area contributed by atoms with Gasteiger partial charge in [-0.15, -0.1) is 0 Å². The molecule has 0 radical (unpaired) electrons. The Morgan fingerprint density at radius 2 is 2.17 bits per heavy atom. The molecule has 0 atom stereocenters. The molecule has 3 nitrogen and oxygen atoms in total. The van der Waals surface area contributed by atoms with Crippen LogP contribution in [0.1, 0.15) is 25.8 Å². The normalized spacial score (nSPS) is 10.4. The van der Waals surface area contributed by atoms with Crippen molar-refractivity contribution >= 4 is 21.6 Å². The fraction of sp³-hybridized carbons (Fsp3) is 0.500. The summed E-state index contributed by atoms with van der Waals surface area (Å²) < 4.78 is 0.910. The molecular formula is C14H19BrN2O. The van der Waals surface area contributed by atoms with Crippen LogP contribution < -0.4 is 4.90 Å². The lowest BCUT2D eigenvalue weighted by molar-refractivity contribution is 0.281. The Balaban J connectivity index is 2.90. The maximum atomic E-state index is 9.15. The number of aliphatic hydroxyl groups excluding tert-OH is 1. The maximum absolute atomic E-state index is 9.15. The second-order valence-corrected chi connectivity index (χ2v) is 5.54. The van der Waals surface area contributed by atoms with Crippen LogP contribution in [0.3, 0.4) is 0 Å². The molecule has 0 bridgehead atoms. The second kappa shape index (κ2) is 7.40. The van der Waals surface area contributed by atoms with Crippen LogP contribution in [0.5, 0.6) is 0 Å². The highest BCUT2D eigenvalue weighted by atomic mass is 79.9. The number of benzene rings is 1. The Morgan fingerprint density at radius 3 is 2.67 bits per heavy atom. The molecule has 0 amide bonds. The van der Waals surface area contributed by atoms with Crippen molar-refractivity contribution in [3.63, 3.8) is 0 Å². The molecule has 0 aliphatic carbocycles. The van der Waals surface area contributed by atoms with Gasteiger partial charge in [-0.3, -0.25) is 0 Å². The van der Waals surface area contributed by atoms with E-state index in [1.54, 1.807) is 0 Å². The summed E-state index contributed by atoms with van der Waals surface area (Å²) in [5, 5.41) is 17.9. The number of rotatable bonds is 6. The molecule has 18 heavy (non-hydrogen) atoms. The largest absolute Gasteiger partial charge is 0.392 e. The molecular weight excluding hydrogens is 292 g/mol. The zero-order valence-electron chi connectivity index (χ0n) is 10.9. The van der Waals surface area contributed by atoms with Gasteiger partial charge in [-0.05, 0) is 23.6 Å². The minimum atomic E-state index is 0.0310. The third-order valence-electron chi connectivity index (χ3n) is 2.65. The summed E-state index contributed by atoms with van der Waals surface area (Å²) in [4.78, 5) is 2.21. The second-order valence-electron chi connectivity index (χ2n) is 4.68. The Kier molecular flexibility index (Phi) is 6.17. The third-order valence-corrected chi connectivity index (χ3v) is 3.39. The van der Waals surface area contributed by atoms with Gasteiger partial charge in [0.15, 0.2) is 0 Å². The van der Waals surface area contributed by atoms with E-state index in [0.717, 1.165) is 28.8 Å². The first kappa shape index (κ1) is 15.0. The molecule has 0 unspecified atom stereocenters. The van der Waals surface area contributed by atoms with E-state index in [1.807, 2.05) is 18.2 Å². The van der Waals surface area contributed by atoms with Gasteiger partial charge < -0.3 is 10.0 Å². The summed E-state index contributed by atoms with van der Waals surface area (Å²) in [5.74, 6) is 0.542. The Labute approximate surface area is 117 Å². The Hall–Kier alpha value is -1.05. The van der Waals surface area contributed by atoms with Crippen LogP contribution in [0, 0.1) is 17.2 Å². The predicted octanol–water partition coefficient (Wildman–Crippen LogP) is 3.32. The van der Waals surface area contributed by atoms with E-state index in [2.05, 4.69) is 40.7 Å². The lowest BCUT2D eigenvalue weighted by Crippen LogP contribution is -2.28. The molecule has 1 aromatic rings. The van der Waals surface area contributed by atoms with Crippen molar-refractivity contribution in [2.75, 3.05) is 18.0 Å². The average molecular weight is 311 g/mol. The summed E-state index contributed by atoms with van der Waals surface area (Å²) >= 11 is 3.46. The molecule has 1 N–H and O–H groups in total. The first-order valence-electron chi connectivity index (χ1n) is 6.09. The highest BCUT2D eigenvalue weighted by molar-refractivity contribution is 9.10. The highest BCUT2D eigenvalue weighted by Crippen LogP contribution is 2.25. The van der Waals surface area contributed by atoms with Crippen molar-refractivity contribution in [3.05, 3.63) is 28.2 Å². The standard InChI is InChI=1S/C14H19BrN2O/c1-11(2)9-17(7-3-6-16)13-5-4-12(10-18)14(15)8-13/h4-5,8,11,18H,3,7,9-10H2,1-2H3. The molecule has 0 aliphatic rings. The van der Waals surface area contributed by atoms with E-state index in [0.29, 0.717) is 12.3 Å². The predicted molar refractivity (Wildman–Crippen MR) is 77.3 cm³/mol. The maximum Gasteiger partial charge on any atom is 0.0692 e. The number of aliphatic hydroxyl groups is 1. The van der Waals surface area contributed by atoms with Crippen LogP contribution in [-0.2, 0) is 6.61 Å². The van der Waals surface area contributed by atoms with Gasteiger partial charge in [-0.2, -0.15) is 5.26 Å². The van der Waals surface area contributed by atoms with Gasteiger partial charge in [-0.25, -0.2) is 0 Å². The Bertz CT molecular complexity index is 426. The molecule has 4 heteroatoms. The molecule has 1 aromatic carbocycles. The van der Waals surface area contributed by atoms with Gasteiger partial charge in [0.25, 0.3) is 0 Å². The van der Waals surface area contributed by atoms with Crippen LogP contribution in [0.2, 0.25) is 0 Å². The van der Waals surface area contributed by atoms with Crippen LogP contribution in [0.4, 0.5) is 5.69 Å². The van der Waals surface area contributed by atoms with E-state index >= 15 is 0 Å². The fourth-order valence-electron chi connectivity index (χ4n) is 1.81. The van der Waals surface area contributed by atoms with E-state index in [-0.39, 0.29) is 6.61 Å². The molecule has 0 aromatic heterocycles. The van der Waals surface area contributed by atoms with Crippen molar-refractivity contribution < 1.29 is 5.11 Å². The number of anilines is 1. The summed E-state index contributed by atoms with van der Waals surface area (Å²) in [6, 6.07) is 8.10. The van der Waals surface area contributed by atoms with Gasteiger partial charge in [-0.1, -0.05) is 35.8 Å². The minimum absolute atomic E-state index is 0.0310. The van der Waals surface area contributed by atoms with E-state index in [4.69, 9.17) is 10.4 Å². The summed E-state index contributed by atoms with van der Waals surface area (Å²) in [7, 11) is 0. The van der Waals surface area contributed by atoms with Crippen molar-refractivity contribution in [3.8, 4) is 6.07 Å². The van der Waals surface area contributed by atoms with Gasteiger partial charge in [0.1, 0.15) is 0 Å². The van der Waals surface area contributed by atoms with E-state index in [1.165, 1.54) is 0 Å². The highest BCUT2D eigenvalue weighted by Gasteiger charge is 2.10. The number of hydrogen-bond donors (Lipinski definition) is 1. The van der Waals surface area contributed by atoms with Gasteiger partial charge in [0.2, 0.25) is 0 Å². The third kappa shape index (κ3) is 4.32. The van der Waals surface area contributed by atoms with Crippen LogP contribution in [-0.4, -0.2) is 18.2 Å². The summed E-state index contributed by atoms with van der Waals surface area (Å²) in [6.45, 7) is 6.02. The summed E-state index contributed by atoms with van der Waals surface area (Å²) in [6.07, 6.45) is 0.520. The Morgan fingerprint density at radius 1 is 1.44 bits per heavy atom. The van der Waals surface area contributed by atoms with Crippen molar-refractivity contribution in [2.45, 2.75) is 26.9 Å². The minimum Gasteiger partial charge on any atom is -0.392 e. The van der Waals surface area contributed by atoms with Gasteiger partial charge >= 0.3 is 0 Å². The number of nitriles is 1. The smallest absolute Gasteiger partial charge is 0.0692 e. The zero-order valence-corrected chi connectivity index (χ0v) is 12.4. The molecule has 98 valence electrons. The SMILES string of the molecule is CC(C)CN(CCC#N)c1ccc(CO)c(Br)c1.